The van der Waals surface area contributed by atoms with Crippen LogP contribution in [0.4, 0.5) is 4.79 Å². The molecule has 2 N–H and O–H groups in total. The summed E-state index contributed by atoms with van der Waals surface area (Å²) in [6, 6.07) is 6.42. The summed E-state index contributed by atoms with van der Waals surface area (Å²) in [5.41, 5.74) is 1.72. The van der Waals surface area contributed by atoms with Crippen LogP contribution < -0.4 is 15.4 Å². The molecule has 0 saturated carbocycles. The summed E-state index contributed by atoms with van der Waals surface area (Å²) in [5.74, 6) is 0.559. The predicted molar refractivity (Wildman–Crippen MR) is 90.5 cm³/mol. The van der Waals surface area contributed by atoms with Crippen molar-refractivity contribution in [3.63, 3.8) is 0 Å². The van der Waals surface area contributed by atoms with Gasteiger partial charge in [0.05, 0.1) is 24.8 Å². The minimum Gasteiger partial charge on any atom is -0.494 e. The maximum atomic E-state index is 12.5. The van der Waals surface area contributed by atoms with Gasteiger partial charge in [0, 0.05) is 5.70 Å². The van der Waals surface area contributed by atoms with Crippen LogP contribution >= 0.6 is 0 Å². The van der Waals surface area contributed by atoms with Gasteiger partial charge in [0.1, 0.15) is 5.75 Å². The number of ether oxygens (including phenoxy) is 2. The minimum absolute atomic E-state index is 0.241. The third kappa shape index (κ3) is 4.28. The Morgan fingerprint density at radius 2 is 1.92 bits per heavy atom. The van der Waals surface area contributed by atoms with E-state index in [9.17, 15) is 9.59 Å². The molecule has 2 rings (SSSR count). The van der Waals surface area contributed by atoms with Gasteiger partial charge in [0.15, 0.2) is 0 Å². The number of urea groups is 1. The predicted octanol–water partition coefficient (Wildman–Crippen LogP) is 2.91. The second-order valence-corrected chi connectivity index (χ2v) is 6.06. The van der Waals surface area contributed by atoms with E-state index in [2.05, 4.69) is 10.6 Å². The van der Waals surface area contributed by atoms with Gasteiger partial charge in [0.2, 0.25) is 0 Å². The van der Waals surface area contributed by atoms with Gasteiger partial charge >= 0.3 is 12.0 Å². The summed E-state index contributed by atoms with van der Waals surface area (Å²) in [6.45, 7) is 8.47. The van der Waals surface area contributed by atoms with Gasteiger partial charge in [-0.2, -0.15) is 0 Å². The zero-order chi connectivity index (χ0) is 17.7. The largest absolute Gasteiger partial charge is 0.494 e. The number of hydrogen-bond donors (Lipinski definition) is 2. The van der Waals surface area contributed by atoms with Crippen LogP contribution in [0.3, 0.4) is 0 Å². The monoisotopic (exact) mass is 332 g/mol. The fourth-order valence-electron chi connectivity index (χ4n) is 2.46. The van der Waals surface area contributed by atoms with Crippen molar-refractivity contribution in [2.45, 2.75) is 33.7 Å². The lowest BCUT2D eigenvalue weighted by atomic mass is 9.95. The zero-order valence-corrected chi connectivity index (χ0v) is 14.5. The Labute approximate surface area is 142 Å². The number of nitrogens with one attached hydrogen (secondary N) is 2. The van der Waals surface area contributed by atoms with Crippen molar-refractivity contribution in [2.75, 3.05) is 13.2 Å². The highest BCUT2D eigenvalue weighted by Gasteiger charge is 2.32. The molecule has 0 bridgehead atoms. The maximum absolute atomic E-state index is 12.5. The SMILES string of the molecule is CCOc1ccc([C@H]2NC(=O)NC(C)=C2C(=O)OCC(C)C)cc1. The quantitative estimate of drug-likeness (QED) is 0.785. The van der Waals surface area contributed by atoms with E-state index in [-0.39, 0.29) is 11.9 Å². The molecule has 24 heavy (non-hydrogen) atoms. The van der Waals surface area contributed by atoms with Gasteiger partial charge < -0.3 is 20.1 Å². The first kappa shape index (κ1) is 17.8. The van der Waals surface area contributed by atoms with Crippen LogP contribution in [0.5, 0.6) is 5.75 Å². The summed E-state index contributed by atoms with van der Waals surface area (Å²) in [7, 11) is 0. The van der Waals surface area contributed by atoms with Crippen LogP contribution in [0.1, 0.15) is 39.3 Å². The minimum atomic E-state index is -0.547. The molecule has 0 unspecified atom stereocenters. The van der Waals surface area contributed by atoms with E-state index in [4.69, 9.17) is 9.47 Å². The lowest BCUT2D eigenvalue weighted by Gasteiger charge is -2.28. The average Bonchev–Trinajstić information content (AvgIpc) is 2.53. The van der Waals surface area contributed by atoms with Gasteiger partial charge in [-0.15, -0.1) is 0 Å². The summed E-state index contributed by atoms with van der Waals surface area (Å²) in [4.78, 5) is 24.3. The molecule has 1 aliphatic rings. The highest BCUT2D eigenvalue weighted by atomic mass is 16.5. The standard InChI is InChI=1S/C18H24N2O4/c1-5-23-14-8-6-13(7-9-14)16-15(12(4)19-18(22)20-16)17(21)24-10-11(2)3/h6-9,11,16H,5,10H2,1-4H3,(H2,19,20,22)/t16-/m1/s1. The van der Waals surface area contributed by atoms with Crippen molar-refractivity contribution in [3.05, 3.63) is 41.1 Å². The third-order valence-electron chi connectivity index (χ3n) is 3.56. The molecule has 130 valence electrons. The van der Waals surface area contributed by atoms with Gasteiger partial charge in [0.25, 0.3) is 0 Å². The molecule has 1 aliphatic heterocycles. The molecule has 0 spiro atoms. The lowest BCUT2D eigenvalue weighted by molar-refractivity contribution is -0.140. The number of esters is 1. The van der Waals surface area contributed by atoms with E-state index >= 15 is 0 Å². The van der Waals surface area contributed by atoms with Crippen molar-refractivity contribution >= 4 is 12.0 Å². The van der Waals surface area contributed by atoms with Crippen molar-refractivity contribution in [1.29, 1.82) is 0 Å². The molecular formula is C18H24N2O4. The van der Waals surface area contributed by atoms with Crippen LogP contribution in [0.2, 0.25) is 0 Å². The molecule has 0 saturated heterocycles. The normalized spacial score (nSPS) is 17.4. The molecule has 2 amide bonds. The Hall–Kier alpha value is -2.50. The first-order chi connectivity index (χ1) is 11.4. The Kier molecular flexibility index (Phi) is 5.84. The number of rotatable bonds is 6. The summed E-state index contributed by atoms with van der Waals surface area (Å²) >= 11 is 0. The second-order valence-electron chi connectivity index (χ2n) is 6.06. The van der Waals surface area contributed by atoms with Crippen molar-refractivity contribution in [1.82, 2.24) is 10.6 Å². The van der Waals surface area contributed by atoms with Crippen LogP contribution in [0.25, 0.3) is 0 Å². The van der Waals surface area contributed by atoms with Gasteiger partial charge in [-0.25, -0.2) is 9.59 Å². The van der Waals surface area contributed by atoms with E-state index in [0.29, 0.717) is 24.5 Å². The fraction of sp³-hybridized carbons (Fsp3) is 0.444. The van der Waals surface area contributed by atoms with E-state index < -0.39 is 12.0 Å². The summed E-state index contributed by atoms with van der Waals surface area (Å²) in [5, 5.41) is 5.42. The molecule has 1 aromatic carbocycles. The number of amides is 2. The van der Waals surface area contributed by atoms with E-state index in [1.807, 2.05) is 45.0 Å². The van der Waals surface area contributed by atoms with E-state index in [1.54, 1.807) is 6.92 Å². The lowest BCUT2D eigenvalue weighted by Crippen LogP contribution is -2.45. The molecule has 1 aromatic rings. The van der Waals surface area contributed by atoms with Crippen molar-refractivity contribution in [2.24, 2.45) is 5.92 Å². The molecule has 0 fully saturated rings. The topological polar surface area (TPSA) is 76.7 Å². The molecule has 0 radical (unpaired) electrons. The fourth-order valence-corrected chi connectivity index (χ4v) is 2.46. The molecule has 0 aromatic heterocycles. The highest BCUT2D eigenvalue weighted by Crippen LogP contribution is 2.29. The zero-order valence-electron chi connectivity index (χ0n) is 14.5. The average molecular weight is 332 g/mol. The summed E-state index contributed by atoms with van der Waals surface area (Å²) in [6.07, 6.45) is 0. The Morgan fingerprint density at radius 1 is 1.25 bits per heavy atom. The molecule has 1 heterocycles. The molecule has 6 heteroatoms. The van der Waals surface area contributed by atoms with Crippen LogP contribution in [0, 0.1) is 5.92 Å². The smallest absolute Gasteiger partial charge is 0.338 e. The molecule has 0 aliphatic carbocycles. The maximum Gasteiger partial charge on any atom is 0.338 e. The Bertz CT molecular complexity index is 635. The Balaban J connectivity index is 2.28. The first-order valence-corrected chi connectivity index (χ1v) is 8.10. The van der Waals surface area contributed by atoms with Gasteiger partial charge in [-0.1, -0.05) is 26.0 Å². The number of allylic oxidation sites excluding steroid dienone is 1. The first-order valence-electron chi connectivity index (χ1n) is 8.10. The number of benzene rings is 1. The second kappa shape index (κ2) is 7.86. The van der Waals surface area contributed by atoms with Crippen LogP contribution in [0.15, 0.2) is 35.5 Å². The number of hydrogen-bond acceptors (Lipinski definition) is 4. The summed E-state index contributed by atoms with van der Waals surface area (Å²) < 4.78 is 10.8. The highest BCUT2D eigenvalue weighted by molar-refractivity contribution is 5.95. The number of carbonyl (C=O) groups is 2. The third-order valence-corrected chi connectivity index (χ3v) is 3.56. The van der Waals surface area contributed by atoms with Gasteiger partial charge in [-0.05, 0) is 37.5 Å². The Morgan fingerprint density at radius 3 is 2.50 bits per heavy atom. The molecule has 6 nitrogen and oxygen atoms in total. The van der Waals surface area contributed by atoms with Crippen molar-refractivity contribution in [3.8, 4) is 5.75 Å². The van der Waals surface area contributed by atoms with E-state index in [1.165, 1.54) is 0 Å². The van der Waals surface area contributed by atoms with Crippen LogP contribution in [-0.4, -0.2) is 25.2 Å². The van der Waals surface area contributed by atoms with Gasteiger partial charge in [-0.3, -0.25) is 0 Å². The van der Waals surface area contributed by atoms with E-state index in [0.717, 1.165) is 11.3 Å². The molecular weight excluding hydrogens is 308 g/mol. The van der Waals surface area contributed by atoms with Crippen LogP contribution in [-0.2, 0) is 9.53 Å². The molecule has 1 atom stereocenters. The van der Waals surface area contributed by atoms with Crippen molar-refractivity contribution < 1.29 is 19.1 Å². The number of carbonyl (C=O) groups excluding carboxylic acids is 2.